The quantitative estimate of drug-likeness (QED) is 0.588. The van der Waals surface area contributed by atoms with E-state index in [0.717, 1.165) is 29.4 Å². The molecule has 0 spiro atoms. The predicted octanol–water partition coefficient (Wildman–Crippen LogP) is 3.16. The van der Waals surface area contributed by atoms with Crippen LogP contribution in [0.5, 0.6) is 0 Å². The van der Waals surface area contributed by atoms with Gasteiger partial charge in [0.1, 0.15) is 11.0 Å². The zero-order chi connectivity index (χ0) is 20.0. The molecule has 0 atom stereocenters. The van der Waals surface area contributed by atoms with Crippen LogP contribution in [0.15, 0.2) is 53.6 Å². The van der Waals surface area contributed by atoms with E-state index in [4.69, 9.17) is 0 Å². The summed E-state index contributed by atoms with van der Waals surface area (Å²) in [7, 11) is 0. The number of hydrogen-bond donors (Lipinski definition) is 1. The number of carbonyl (C=O) groups is 1. The molecule has 2 aromatic heterocycles. The van der Waals surface area contributed by atoms with E-state index in [9.17, 15) is 9.59 Å². The van der Waals surface area contributed by atoms with Gasteiger partial charge in [0.25, 0.3) is 5.56 Å². The molecular formula is C23H22N4O2. The van der Waals surface area contributed by atoms with Crippen LogP contribution >= 0.6 is 0 Å². The highest BCUT2D eigenvalue weighted by molar-refractivity contribution is 6.04. The zero-order valence-electron chi connectivity index (χ0n) is 16.3. The van der Waals surface area contributed by atoms with Crippen molar-refractivity contribution in [2.24, 2.45) is 0 Å². The lowest BCUT2D eigenvalue weighted by Crippen LogP contribution is -2.36. The van der Waals surface area contributed by atoms with Crippen molar-refractivity contribution < 1.29 is 4.79 Å². The molecule has 0 saturated heterocycles. The minimum absolute atomic E-state index is 0.0683. The van der Waals surface area contributed by atoms with Gasteiger partial charge in [-0.15, -0.1) is 0 Å². The molecule has 0 bridgehead atoms. The van der Waals surface area contributed by atoms with E-state index in [1.807, 2.05) is 42.2 Å². The van der Waals surface area contributed by atoms with Crippen molar-refractivity contribution in [2.45, 2.75) is 32.9 Å². The Kier molecular flexibility index (Phi) is 4.19. The Morgan fingerprint density at radius 3 is 2.86 bits per heavy atom. The maximum Gasteiger partial charge on any atom is 0.277 e. The molecule has 1 amide bonds. The summed E-state index contributed by atoms with van der Waals surface area (Å²) in [5.74, 6) is 0.0683. The normalized spacial score (nSPS) is 13.8. The van der Waals surface area contributed by atoms with Gasteiger partial charge in [0.05, 0.1) is 6.33 Å². The minimum atomic E-state index is -0.138. The first kappa shape index (κ1) is 17.7. The lowest BCUT2D eigenvalue weighted by Gasteiger charge is -2.29. The summed E-state index contributed by atoms with van der Waals surface area (Å²) in [5.41, 5.74) is 5.59. The number of nitrogens with zero attached hydrogens (tertiary/aromatic N) is 3. The number of aryl methyl sites for hydroxylation is 2. The van der Waals surface area contributed by atoms with Crippen LogP contribution in [0.3, 0.4) is 0 Å². The van der Waals surface area contributed by atoms with E-state index < -0.39 is 0 Å². The molecule has 29 heavy (non-hydrogen) atoms. The third kappa shape index (κ3) is 3.10. The average Bonchev–Trinajstić information content (AvgIpc) is 3.11. The topological polar surface area (TPSA) is 71.0 Å². The first-order chi connectivity index (χ1) is 14.1. The van der Waals surface area contributed by atoms with E-state index in [-0.39, 0.29) is 17.9 Å². The van der Waals surface area contributed by atoms with Crippen molar-refractivity contribution in [3.8, 4) is 0 Å². The van der Waals surface area contributed by atoms with Crippen LogP contribution in [0.25, 0.3) is 21.9 Å². The van der Waals surface area contributed by atoms with Crippen molar-refractivity contribution in [2.75, 3.05) is 6.54 Å². The van der Waals surface area contributed by atoms with Gasteiger partial charge < -0.3 is 9.88 Å². The molecule has 6 heteroatoms. The summed E-state index contributed by atoms with van der Waals surface area (Å²) >= 11 is 0. The van der Waals surface area contributed by atoms with E-state index in [1.54, 1.807) is 6.33 Å². The number of carbonyl (C=O) groups excluding carboxylic acids is 1. The van der Waals surface area contributed by atoms with Crippen LogP contribution in [0, 0.1) is 6.92 Å². The Hall–Kier alpha value is -3.41. The molecule has 2 aromatic carbocycles. The molecule has 0 unspecified atom stereocenters. The summed E-state index contributed by atoms with van der Waals surface area (Å²) in [6.07, 6.45) is 2.72. The molecule has 4 aromatic rings. The molecular weight excluding hydrogens is 364 g/mol. The summed E-state index contributed by atoms with van der Waals surface area (Å²) in [4.78, 5) is 35.2. The van der Waals surface area contributed by atoms with Crippen LogP contribution in [-0.4, -0.2) is 31.9 Å². The van der Waals surface area contributed by atoms with E-state index >= 15 is 0 Å². The van der Waals surface area contributed by atoms with Crippen LogP contribution in [0.4, 0.5) is 0 Å². The van der Waals surface area contributed by atoms with Gasteiger partial charge in [-0.3, -0.25) is 14.2 Å². The lowest BCUT2D eigenvalue weighted by molar-refractivity contribution is -0.132. The standard InChI is InChI=1S/C23H22N4O2/c1-15-6-7-19-18(12-15)21-22(25-19)23(29)27(14-24-21)11-9-20(28)26-10-8-16-4-2-3-5-17(16)13-26/h2-7,12,14,25H,8-11,13H2,1H3. The number of hydrogen-bond acceptors (Lipinski definition) is 3. The Bertz CT molecular complexity index is 1300. The zero-order valence-corrected chi connectivity index (χ0v) is 16.3. The maximum atomic E-state index is 12.9. The number of fused-ring (bicyclic) bond motifs is 4. The smallest absolute Gasteiger partial charge is 0.277 e. The Labute approximate surface area is 167 Å². The predicted molar refractivity (Wildman–Crippen MR) is 113 cm³/mol. The fourth-order valence-corrected chi connectivity index (χ4v) is 4.15. The largest absolute Gasteiger partial charge is 0.349 e. The summed E-state index contributed by atoms with van der Waals surface area (Å²) in [6, 6.07) is 14.3. The van der Waals surface area contributed by atoms with Crippen LogP contribution < -0.4 is 5.56 Å². The van der Waals surface area contributed by atoms with Crippen LogP contribution in [0.1, 0.15) is 23.1 Å². The molecule has 0 radical (unpaired) electrons. The van der Waals surface area contributed by atoms with Gasteiger partial charge in [-0.1, -0.05) is 35.9 Å². The first-order valence-electron chi connectivity index (χ1n) is 9.92. The van der Waals surface area contributed by atoms with E-state index in [1.165, 1.54) is 15.7 Å². The van der Waals surface area contributed by atoms with Crippen molar-refractivity contribution in [3.63, 3.8) is 0 Å². The summed E-state index contributed by atoms with van der Waals surface area (Å²) < 4.78 is 1.53. The summed E-state index contributed by atoms with van der Waals surface area (Å²) in [6.45, 7) is 3.71. The second-order valence-corrected chi connectivity index (χ2v) is 7.72. The number of nitrogens with one attached hydrogen (secondary N) is 1. The Morgan fingerprint density at radius 1 is 1.17 bits per heavy atom. The molecule has 1 N–H and O–H groups in total. The fraction of sp³-hybridized carbons (Fsp3) is 0.261. The van der Waals surface area contributed by atoms with E-state index in [2.05, 4.69) is 22.1 Å². The lowest BCUT2D eigenvalue weighted by atomic mass is 10.00. The van der Waals surface area contributed by atoms with Gasteiger partial charge in [0.15, 0.2) is 0 Å². The van der Waals surface area contributed by atoms with Gasteiger partial charge >= 0.3 is 0 Å². The van der Waals surface area contributed by atoms with Crippen molar-refractivity contribution in [1.29, 1.82) is 0 Å². The average molecular weight is 386 g/mol. The highest BCUT2D eigenvalue weighted by atomic mass is 16.2. The van der Waals surface area contributed by atoms with Gasteiger partial charge in [0.2, 0.25) is 5.91 Å². The molecule has 1 aliphatic heterocycles. The molecule has 0 fully saturated rings. The van der Waals surface area contributed by atoms with Gasteiger partial charge in [-0.05, 0) is 36.6 Å². The van der Waals surface area contributed by atoms with Crippen molar-refractivity contribution >= 4 is 27.8 Å². The minimum Gasteiger partial charge on any atom is -0.349 e. The van der Waals surface area contributed by atoms with Gasteiger partial charge in [-0.2, -0.15) is 0 Å². The second-order valence-electron chi connectivity index (χ2n) is 7.72. The van der Waals surface area contributed by atoms with Crippen molar-refractivity contribution in [3.05, 3.63) is 75.8 Å². The first-order valence-corrected chi connectivity index (χ1v) is 9.92. The molecule has 1 aliphatic rings. The maximum absolute atomic E-state index is 12.9. The van der Waals surface area contributed by atoms with Crippen LogP contribution in [0.2, 0.25) is 0 Å². The number of H-pyrrole nitrogens is 1. The number of rotatable bonds is 3. The molecule has 0 aliphatic carbocycles. The van der Waals surface area contributed by atoms with Crippen LogP contribution in [-0.2, 0) is 24.3 Å². The Morgan fingerprint density at radius 2 is 2.00 bits per heavy atom. The highest BCUT2D eigenvalue weighted by Gasteiger charge is 2.20. The number of benzene rings is 2. The molecule has 146 valence electrons. The summed E-state index contributed by atoms with van der Waals surface area (Å²) in [5, 5.41) is 0.951. The molecule has 5 rings (SSSR count). The van der Waals surface area contributed by atoms with E-state index in [0.29, 0.717) is 24.1 Å². The molecule has 0 saturated carbocycles. The van der Waals surface area contributed by atoms with Crippen molar-refractivity contribution in [1.82, 2.24) is 19.4 Å². The number of amides is 1. The number of aromatic nitrogens is 3. The fourth-order valence-electron chi connectivity index (χ4n) is 4.15. The molecule has 3 heterocycles. The monoisotopic (exact) mass is 386 g/mol. The third-order valence-corrected chi connectivity index (χ3v) is 5.78. The number of aromatic amines is 1. The Balaban J connectivity index is 1.36. The van der Waals surface area contributed by atoms with Gasteiger partial charge in [-0.25, -0.2) is 4.98 Å². The SMILES string of the molecule is Cc1ccc2[nH]c3c(=O)n(CCC(=O)N4CCc5ccccc5C4)cnc3c2c1. The van der Waals surface area contributed by atoms with Gasteiger partial charge in [0, 0.05) is 37.0 Å². The third-order valence-electron chi connectivity index (χ3n) is 5.78. The highest BCUT2D eigenvalue weighted by Crippen LogP contribution is 2.22. The molecule has 6 nitrogen and oxygen atoms in total. The second kappa shape index (κ2) is 6.88.